The van der Waals surface area contributed by atoms with Crippen LogP contribution in [0.5, 0.6) is 0 Å². The Morgan fingerprint density at radius 1 is 1.23 bits per heavy atom. The number of aromatic nitrogens is 6. The summed E-state index contributed by atoms with van der Waals surface area (Å²) in [4.78, 5) is 5.39. The van der Waals surface area contributed by atoms with E-state index in [0.717, 1.165) is 15.0 Å². The molecule has 132 valence electrons. The van der Waals surface area contributed by atoms with Crippen molar-refractivity contribution in [1.82, 2.24) is 30.3 Å². The molecule has 0 amide bonds. The minimum absolute atomic E-state index is 0.491. The SMILES string of the molecule is Cc1ccc(-n2nnnc2SCc2nc(-c3cc(Br)cs3)no2)cc1C. The predicted molar refractivity (Wildman–Crippen MR) is 104 cm³/mol. The van der Waals surface area contributed by atoms with Gasteiger partial charge in [-0.2, -0.15) is 9.67 Å². The first-order valence-corrected chi connectivity index (χ1v) is 10.3. The maximum absolute atomic E-state index is 5.34. The number of halogens is 1. The largest absolute Gasteiger partial charge is 0.338 e. The topological polar surface area (TPSA) is 82.5 Å². The molecule has 3 heterocycles. The number of rotatable bonds is 5. The van der Waals surface area contributed by atoms with Crippen LogP contribution in [0.1, 0.15) is 17.0 Å². The maximum Gasteiger partial charge on any atom is 0.237 e. The van der Waals surface area contributed by atoms with Gasteiger partial charge in [0.2, 0.25) is 16.9 Å². The van der Waals surface area contributed by atoms with E-state index in [4.69, 9.17) is 4.52 Å². The van der Waals surface area contributed by atoms with Crippen LogP contribution < -0.4 is 0 Å². The molecule has 4 aromatic rings. The van der Waals surface area contributed by atoms with Crippen molar-refractivity contribution in [1.29, 1.82) is 0 Å². The molecular weight excluding hydrogens is 436 g/mol. The van der Waals surface area contributed by atoms with Gasteiger partial charge >= 0.3 is 0 Å². The van der Waals surface area contributed by atoms with Crippen LogP contribution in [0.3, 0.4) is 0 Å². The second-order valence-corrected chi connectivity index (χ2v) is 8.34. The van der Waals surface area contributed by atoms with E-state index in [1.165, 1.54) is 22.9 Å². The summed E-state index contributed by atoms with van der Waals surface area (Å²) in [6.45, 7) is 4.15. The number of aryl methyl sites for hydroxylation is 2. The molecule has 0 spiro atoms. The Bertz CT molecular complexity index is 1060. The molecule has 7 nitrogen and oxygen atoms in total. The number of tetrazole rings is 1. The highest BCUT2D eigenvalue weighted by Crippen LogP contribution is 2.29. The lowest BCUT2D eigenvalue weighted by Gasteiger charge is -2.06. The first-order valence-electron chi connectivity index (χ1n) is 7.66. The second kappa shape index (κ2) is 7.29. The van der Waals surface area contributed by atoms with E-state index in [9.17, 15) is 0 Å². The molecule has 0 bridgehead atoms. The van der Waals surface area contributed by atoms with Gasteiger partial charge in [0.05, 0.1) is 16.3 Å². The average molecular weight is 449 g/mol. The Morgan fingerprint density at radius 2 is 2.12 bits per heavy atom. The Morgan fingerprint density at radius 3 is 2.88 bits per heavy atom. The van der Waals surface area contributed by atoms with Gasteiger partial charge in [0, 0.05) is 9.85 Å². The lowest BCUT2D eigenvalue weighted by molar-refractivity contribution is 0.391. The minimum Gasteiger partial charge on any atom is -0.338 e. The standard InChI is InChI=1S/C16H13BrN6OS2/c1-9-3-4-12(5-10(9)2)23-16(19-21-22-23)26-8-14-18-15(20-24-14)13-6-11(17)7-25-13/h3-7H,8H2,1-2H3. The highest BCUT2D eigenvalue weighted by molar-refractivity contribution is 9.10. The maximum atomic E-state index is 5.34. The van der Waals surface area contributed by atoms with Gasteiger partial charge in [0.25, 0.3) is 0 Å². The molecule has 1 aromatic carbocycles. The second-order valence-electron chi connectivity index (χ2n) is 5.57. The number of nitrogens with zero attached hydrogens (tertiary/aromatic N) is 6. The Labute approximate surface area is 165 Å². The van der Waals surface area contributed by atoms with Crippen molar-refractivity contribution >= 4 is 39.0 Å². The van der Waals surface area contributed by atoms with Gasteiger partial charge in [-0.15, -0.1) is 16.4 Å². The summed E-state index contributed by atoms with van der Waals surface area (Å²) in [5, 5.41) is 18.7. The summed E-state index contributed by atoms with van der Waals surface area (Å²) in [7, 11) is 0. The summed E-state index contributed by atoms with van der Waals surface area (Å²) < 4.78 is 8.06. The monoisotopic (exact) mass is 448 g/mol. The molecule has 0 aliphatic rings. The van der Waals surface area contributed by atoms with Crippen LogP contribution in [0.15, 0.2) is 43.8 Å². The molecule has 3 aromatic heterocycles. The van der Waals surface area contributed by atoms with Crippen LogP contribution in [0.25, 0.3) is 16.4 Å². The van der Waals surface area contributed by atoms with E-state index >= 15 is 0 Å². The fourth-order valence-corrected chi connectivity index (χ4v) is 4.34. The summed E-state index contributed by atoms with van der Waals surface area (Å²) in [6, 6.07) is 8.09. The zero-order valence-electron chi connectivity index (χ0n) is 13.9. The van der Waals surface area contributed by atoms with Gasteiger partial charge < -0.3 is 4.52 Å². The van der Waals surface area contributed by atoms with Crippen molar-refractivity contribution in [3.63, 3.8) is 0 Å². The van der Waals surface area contributed by atoms with Gasteiger partial charge in [-0.1, -0.05) is 23.0 Å². The van der Waals surface area contributed by atoms with Crippen molar-refractivity contribution < 1.29 is 4.52 Å². The third-order valence-electron chi connectivity index (χ3n) is 3.76. The Hall–Kier alpha value is -2.04. The molecule has 0 saturated heterocycles. The molecule has 0 radical (unpaired) electrons. The highest BCUT2D eigenvalue weighted by Gasteiger charge is 2.14. The van der Waals surface area contributed by atoms with Crippen LogP contribution in [-0.2, 0) is 5.75 Å². The van der Waals surface area contributed by atoms with Gasteiger partial charge in [-0.3, -0.25) is 0 Å². The van der Waals surface area contributed by atoms with Crippen LogP contribution in [0.4, 0.5) is 0 Å². The fourth-order valence-electron chi connectivity index (χ4n) is 2.26. The molecule has 26 heavy (non-hydrogen) atoms. The van der Waals surface area contributed by atoms with Crippen LogP contribution in [-0.4, -0.2) is 30.3 Å². The summed E-state index contributed by atoms with van der Waals surface area (Å²) in [6.07, 6.45) is 0. The van der Waals surface area contributed by atoms with E-state index in [1.54, 1.807) is 16.0 Å². The first kappa shape index (κ1) is 17.4. The van der Waals surface area contributed by atoms with E-state index in [-0.39, 0.29) is 0 Å². The van der Waals surface area contributed by atoms with E-state index in [1.807, 2.05) is 17.5 Å². The lowest BCUT2D eigenvalue weighted by Crippen LogP contribution is -2.00. The predicted octanol–water partition coefficient (Wildman–Crippen LogP) is 4.45. The molecular formula is C16H13BrN6OS2. The molecule has 0 N–H and O–H groups in total. The number of hydrogen-bond donors (Lipinski definition) is 0. The fraction of sp³-hybridized carbons (Fsp3) is 0.188. The van der Waals surface area contributed by atoms with Crippen molar-refractivity contribution in [2.45, 2.75) is 24.8 Å². The third-order valence-corrected chi connectivity index (χ3v) is 6.35. The summed E-state index contributed by atoms with van der Waals surface area (Å²) in [5.74, 6) is 1.61. The van der Waals surface area contributed by atoms with E-state index in [2.05, 4.69) is 67.6 Å². The van der Waals surface area contributed by atoms with Crippen molar-refractivity contribution in [2.24, 2.45) is 0 Å². The van der Waals surface area contributed by atoms with Gasteiger partial charge in [0.1, 0.15) is 0 Å². The third kappa shape index (κ3) is 3.57. The van der Waals surface area contributed by atoms with Gasteiger partial charge in [-0.25, -0.2) is 0 Å². The minimum atomic E-state index is 0.491. The number of thiophene rings is 1. The number of benzene rings is 1. The lowest BCUT2D eigenvalue weighted by atomic mass is 10.1. The zero-order valence-corrected chi connectivity index (χ0v) is 17.1. The van der Waals surface area contributed by atoms with Crippen molar-refractivity contribution in [3.05, 3.63) is 51.1 Å². The van der Waals surface area contributed by atoms with Crippen molar-refractivity contribution in [3.8, 4) is 16.4 Å². The molecule has 0 fully saturated rings. The summed E-state index contributed by atoms with van der Waals surface area (Å²) in [5.41, 5.74) is 3.35. The molecule has 0 aliphatic carbocycles. The average Bonchev–Trinajstić information content (AvgIpc) is 3.35. The quantitative estimate of drug-likeness (QED) is 0.417. The Balaban J connectivity index is 1.50. The zero-order chi connectivity index (χ0) is 18.1. The summed E-state index contributed by atoms with van der Waals surface area (Å²) >= 11 is 6.44. The number of thioether (sulfide) groups is 1. The molecule has 4 rings (SSSR count). The molecule has 0 atom stereocenters. The number of hydrogen-bond acceptors (Lipinski definition) is 8. The highest BCUT2D eigenvalue weighted by atomic mass is 79.9. The van der Waals surface area contributed by atoms with Crippen LogP contribution in [0, 0.1) is 13.8 Å². The smallest absolute Gasteiger partial charge is 0.237 e. The Kier molecular flexibility index (Phi) is 4.88. The van der Waals surface area contributed by atoms with Gasteiger partial charge in [0.15, 0.2) is 0 Å². The molecule has 0 saturated carbocycles. The van der Waals surface area contributed by atoms with E-state index < -0.39 is 0 Å². The van der Waals surface area contributed by atoms with Crippen molar-refractivity contribution in [2.75, 3.05) is 0 Å². The molecule has 10 heteroatoms. The van der Waals surface area contributed by atoms with Gasteiger partial charge in [-0.05, 0) is 69.5 Å². The van der Waals surface area contributed by atoms with Crippen LogP contribution >= 0.6 is 39.0 Å². The normalized spacial score (nSPS) is 11.2. The molecule has 0 unspecified atom stereocenters. The molecule has 0 aliphatic heterocycles. The van der Waals surface area contributed by atoms with Crippen LogP contribution in [0.2, 0.25) is 0 Å². The first-order chi connectivity index (χ1) is 12.6. The van der Waals surface area contributed by atoms with E-state index in [0.29, 0.717) is 22.6 Å².